The first-order valence-corrected chi connectivity index (χ1v) is 4.89. The molecule has 0 aromatic rings. The standard InChI is InChI=1S/C6H3F5O3S/c7-1-2(8)4(10)6(15(12,13)14)5(11)3(1)9/h4,6H,(H,12,13,14). The first kappa shape index (κ1) is 12.1. The minimum Gasteiger partial charge on any atom is -0.285 e. The second-order valence-electron chi connectivity index (χ2n) is 2.66. The Labute approximate surface area is 80.6 Å². The zero-order valence-corrected chi connectivity index (χ0v) is 7.53. The van der Waals surface area contributed by atoms with Crippen LogP contribution in [0, 0.1) is 0 Å². The lowest BCUT2D eigenvalue weighted by Gasteiger charge is -2.19. The van der Waals surface area contributed by atoms with Crippen molar-refractivity contribution in [2.75, 3.05) is 0 Å². The van der Waals surface area contributed by atoms with Crippen molar-refractivity contribution in [3.8, 4) is 0 Å². The highest BCUT2D eigenvalue weighted by Crippen LogP contribution is 2.38. The summed E-state index contributed by atoms with van der Waals surface area (Å²) in [7, 11) is -5.40. The van der Waals surface area contributed by atoms with Crippen LogP contribution in [0.3, 0.4) is 0 Å². The molecule has 1 N–H and O–H groups in total. The van der Waals surface area contributed by atoms with Gasteiger partial charge in [0.25, 0.3) is 10.1 Å². The van der Waals surface area contributed by atoms with Crippen LogP contribution in [0.4, 0.5) is 22.0 Å². The number of hydrogen-bond donors (Lipinski definition) is 1. The highest BCUT2D eigenvalue weighted by molar-refractivity contribution is 7.86. The van der Waals surface area contributed by atoms with Crippen LogP contribution in [0.2, 0.25) is 0 Å². The van der Waals surface area contributed by atoms with E-state index in [0.29, 0.717) is 0 Å². The topological polar surface area (TPSA) is 54.4 Å². The molecule has 9 heteroatoms. The SMILES string of the molecule is O=S(=O)(O)C1C(F)=C(F)C(F)=C(F)C1F. The van der Waals surface area contributed by atoms with E-state index in [4.69, 9.17) is 4.55 Å². The molecule has 1 rings (SSSR count). The maximum atomic E-state index is 12.8. The minimum absolute atomic E-state index is 2.40. The molecular weight excluding hydrogens is 247 g/mol. The highest BCUT2D eigenvalue weighted by Gasteiger charge is 2.47. The summed E-state index contributed by atoms with van der Waals surface area (Å²) in [5.41, 5.74) is 0. The van der Waals surface area contributed by atoms with Gasteiger partial charge in [-0.15, -0.1) is 0 Å². The number of halogens is 5. The largest absolute Gasteiger partial charge is 0.285 e. The van der Waals surface area contributed by atoms with Crippen LogP contribution >= 0.6 is 0 Å². The molecule has 0 saturated heterocycles. The molecule has 0 amide bonds. The fraction of sp³-hybridized carbons (Fsp3) is 0.333. The molecule has 1 aliphatic carbocycles. The zero-order chi connectivity index (χ0) is 12.0. The van der Waals surface area contributed by atoms with E-state index < -0.39 is 44.8 Å². The van der Waals surface area contributed by atoms with Crippen molar-refractivity contribution in [3.63, 3.8) is 0 Å². The molecule has 0 heterocycles. The number of alkyl halides is 1. The Morgan fingerprint density at radius 2 is 1.40 bits per heavy atom. The van der Waals surface area contributed by atoms with Crippen LogP contribution in [0.15, 0.2) is 23.3 Å². The number of hydrogen-bond acceptors (Lipinski definition) is 2. The fourth-order valence-corrected chi connectivity index (χ4v) is 1.79. The van der Waals surface area contributed by atoms with Gasteiger partial charge in [0.05, 0.1) is 0 Å². The van der Waals surface area contributed by atoms with Crippen molar-refractivity contribution in [2.24, 2.45) is 0 Å². The third-order valence-corrected chi connectivity index (χ3v) is 2.78. The lowest BCUT2D eigenvalue weighted by molar-refractivity contribution is 0.268. The van der Waals surface area contributed by atoms with Gasteiger partial charge in [-0.05, 0) is 0 Å². The molecule has 2 unspecified atom stereocenters. The van der Waals surface area contributed by atoms with E-state index in [1.807, 2.05) is 0 Å². The van der Waals surface area contributed by atoms with Gasteiger partial charge >= 0.3 is 0 Å². The summed E-state index contributed by atoms with van der Waals surface area (Å²) in [5, 5.41) is -3.10. The average Bonchev–Trinajstić information content (AvgIpc) is 2.09. The summed E-state index contributed by atoms with van der Waals surface area (Å²) in [6.07, 6.45) is -3.31. The van der Waals surface area contributed by atoms with Crippen molar-refractivity contribution < 1.29 is 34.9 Å². The summed E-state index contributed by atoms with van der Waals surface area (Å²) in [5.74, 6) is -9.72. The van der Waals surface area contributed by atoms with Gasteiger partial charge in [0.1, 0.15) is 0 Å². The molecule has 2 atom stereocenters. The zero-order valence-electron chi connectivity index (χ0n) is 6.72. The lowest BCUT2D eigenvalue weighted by Crippen LogP contribution is -2.35. The van der Waals surface area contributed by atoms with Crippen molar-refractivity contribution in [1.29, 1.82) is 0 Å². The third-order valence-electron chi connectivity index (χ3n) is 1.69. The fourth-order valence-electron chi connectivity index (χ4n) is 0.999. The summed E-state index contributed by atoms with van der Waals surface area (Å²) >= 11 is 0. The number of allylic oxidation sites excluding steroid dienone is 3. The molecule has 0 saturated carbocycles. The quantitative estimate of drug-likeness (QED) is 0.571. The smallest absolute Gasteiger partial charge is 0.277 e. The summed E-state index contributed by atoms with van der Waals surface area (Å²) in [6, 6.07) is 0. The van der Waals surface area contributed by atoms with Crippen LogP contribution < -0.4 is 0 Å². The molecule has 1 aliphatic rings. The first-order valence-electron chi connectivity index (χ1n) is 3.39. The monoisotopic (exact) mass is 250 g/mol. The summed E-state index contributed by atoms with van der Waals surface area (Å²) < 4.78 is 91.8. The lowest BCUT2D eigenvalue weighted by atomic mass is 10.1. The van der Waals surface area contributed by atoms with Crippen LogP contribution in [0.5, 0.6) is 0 Å². The van der Waals surface area contributed by atoms with Crippen LogP contribution in [0.25, 0.3) is 0 Å². The molecule has 86 valence electrons. The van der Waals surface area contributed by atoms with Gasteiger partial charge in [0.2, 0.25) is 0 Å². The molecule has 0 aliphatic heterocycles. The maximum Gasteiger partial charge on any atom is 0.277 e. The average molecular weight is 250 g/mol. The third kappa shape index (κ3) is 1.88. The van der Waals surface area contributed by atoms with E-state index in [0.717, 1.165) is 0 Å². The Morgan fingerprint density at radius 1 is 1.00 bits per heavy atom. The van der Waals surface area contributed by atoms with Crippen molar-refractivity contribution in [1.82, 2.24) is 0 Å². The molecule has 0 aromatic carbocycles. The van der Waals surface area contributed by atoms with E-state index in [-0.39, 0.29) is 0 Å². The van der Waals surface area contributed by atoms with Crippen molar-refractivity contribution in [2.45, 2.75) is 11.4 Å². The predicted molar refractivity (Wildman–Crippen MR) is 38.7 cm³/mol. The van der Waals surface area contributed by atoms with E-state index in [1.54, 1.807) is 0 Å². The Balaban J connectivity index is 3.40. The Bertz CT molecular complexity index is 451. The molecule has 3 nitrogen and oxygen atoms in total. The van der Waals surface area contributed by atoms with Gasteiger partial charge in [0.15, 0.2) is 34.7 Å². The van der Waals surface area contributed by atoms with E-state index >= 15 is 0 Å². The van der Waals surface area contributed by atoms with Crippen LogP contribution in [-0.4, -0.2) is 24.4 Å². The summed E-state index contributed by atoms with van der Waals surface area (Å²) in [6.45, 7) is 0. The molecule has 0 spiro atoms. The Hall–Kier alpha value is -0.960. The second kappa shape index (κ2) is 3.56. The summed E-state index contributed by atoms with van der Waals surface area (Å²) in [4.78, 5) is 0. The van der Waals surface area contributed by atoms with Gasteiger partial charge in [-0.25, -0.2) is 22.0 Å². The number of rotatable bonds is 1. The molecule has 0 radical (unpaired) electrons. The van der Waals surface area contributed by atoms with Gasteiger partial charge in [-0.3, -0.25) is 4.55 Å². The van der Waals surface area contributed by atoms with Gasteiger partial charge in [0, 0.05) is 0 Å². The minimum atomic E-state index is -5.40. The van der Waals surface area contributed by atoms with Crippen LogP contribution in [0.1, 0.15) is 0 Å². The molecule has 0 fully saturated rings. The molecular formula is C6H3F5O3S. The van der Waals surface area contributed by atoms with Crippen molar-refractivity contribution >= 4 is 10.1 Å². The highest BCUT2D eigenvalue weighted by atomic mass is 32.2. The normalized spacial score (nSPS) is 28.7. The molecule has 15 heavy (non-hydrogen) atoms. The van der Waals surface area contributed by atoms with Gasteiger partial charge < -0.3 is 0 Å². The van der Waals surface area contributed by atoms with E-state index in [2.05, 4.69) is 0 Å². The van der Waals surface area contributed by atoms with Crippen molar-refractivity contribution in [3.05, 3.63) is 23.3 Å². The second-order valence-corrected chi connectivity index (χ2v) is 4.20. The van der Waals surface area contributed by atoms with E-state index in [9.17, 15) is 30.4 Å². The van der Waals surface area contributed by atoms with Gasteiger partial charge in [-0.1, -0.05) is 0 Å². The van der Waals surface area contributed by atoms with Gasteiger partial charge in [-0.2, -0.15) is 8.42 Å². The molecule has 0 aromatic heterocycles. The Morgan fingerprint density at radius 3 is 1.80 bits per heavy atom. The maximum absolute atomic E-state index is 12.8. The predicted octanol–water partition coefficient (Wildman–Crippen LogP) is 1.90. The molecule has 0 bridgehead atoms. The Kier molecular flexibility index (Phi) is 2.88. The van der Waals surface area contributed by atoms with E-state index in [1.165, 1.54) is 0 Å². The first-order chi connectivity index (χ1) is 6.68. The van der Waals surface area contributed by atoms with Crippen LogP contribution in [-0.2, 0) is 10.1 Å².